The van der Waals surface area contributed by atoms with Crippen LogP contribution in [0.3, 0.4) is 0 Å². The summed E-state index contributed by atoms with van der Waals surface area (Å²) < 4.78 is 5.56. The highest BCUT2D eigenvalue weighted by molar-refractivity contribution is 5.89. The number of hydrogen-bond acceptors (Lipinski definition) is 3. The number of furan rings is 1. The van der Waals surface area contributed by atoms with Crippen LogP contribution in [0.15, 0.2) is 41.0 Å². The van der Waals surface area contributed by atoms with Crippen molar-refractivity contribution in [3.05, 3.63) is 53.5 Å². The van der Waals surface area contributed by atoms with Crippen molar-refractivity contribution in [2.45, 2.75) is 70.6 Å². The molecule has 2 amide bonds. The molecule has 2 aromatic rings. The van der Waals surface area contributed by atoms with Crippen molar-refractivity contribution in [2.24, 2.45) is 0 Å². The number of carbonyl (C=O) groups excluding carboxylic acids is 1. The smallest absolute Gasteiger partial charge is 0.319 e. The average Bonchev–Trinajstić information content (AvgIpc) is 3.07. The van der Waals surface area contributed by atoms with E-state index in [2.05, 4.69) is 27.7 Å². The molecule has 2 saturated heterocycles. The number of fused-ring (bicyclic) bond motifs is 2. The Hall–Kier alpha value is -2.27. The van der Waals surface area contributed by atoms with Crippen LogP contribution in [0.2, 0.25) is 0 Å². The normalized spacial score (nSPS) is 25.2. The van der Waals surface area contributed by atoms with Crippen molar-refractivity contribution in [3.8, 4) is 0 Å². The Labute approximate surface area is 161 Å². The molecule has 2 aliphatic rings. The highest BCUT2D eigenvalue weighted by Crippen LogP contribution is 2.35. The molecule has 3 heterocycles. The third-order valence-corrected chi connectivity index (χ3v) is 5.86. The number of aryl methyl sites for hydroxylation is 2. The molecule has 144 valence electrons. The molecule has 4 rings (SSSR count). The van der Waals surface area contributed by atoms with Crippen LogP contribution in [0.25, 0.3) is 0 Å². The maximum Gasteiger partial charge on any atom is 0.319 e. The van der Waals surface area contributed by atoms with Crippen LogP contribution in [-0.2, 0) is 6.54 Å². The van der Waals surface area contributed by atoms with Crippen molar-refractivity contribution in [1.82, 2.24) is 10.2 Å². The molecular formula is C22H29N3O2. The van der Waals surface area contributed by atoms with Crippen LogP contribution in [0.4, 0.5) is 10.5 Å². The third-order valence-electron chi connectivity index (χ3n) is 5.86. The van der Waals surface area contributed by atoms with E-state index >= 15 is 0 Å². The van der Waals surface area contributed by atoms with Crippen LogP contribution >= 0.6 is 0 Å². The van der Waals surface area contributed by atoms with Gasteiger partial charge in [0, 0.05) is 23.8 Å². The minimum atomic E-state index is -0.0949. The molecule has 0 spiro atoms. The van der Waals surface area contributed by atoms with Crippen molar-refractivity contribution in [3.63, 3.8) is 0 Å². The van der Waals surface area contributed by atoms with Gasteiger partial charge >= 0.3 is 6.03 Å². The molecule has 2 N–H and O–H groups in total. The number of rotatable bonds is 4. The van der Waals surface area contributed by atoms with Gasteiger partial charge in [-0.25, -0.2) is 4.79 Å². The van der Waals surface area contributed by atoms with Crippen LogP contribution in [0.1, 0.15) is 49.0 Å². The minimum Gasteiger partial charge on any atom is -0.468 e. The van der Waals surface area contributed by atoms with E-state index in [-0.39, 0.29) is 12.1 Å². The van der Waals surface area contributed by atoms with E-state index < -0.39 is 0 Å². The van der Waals surface area contributed by atoms with Gasteiger partial charge in [0.05, 0.1) is 12.8 Å². The Morgan fingerprint density at radius 3 is 2.48 bits per heavy atom. The van der Waals surface area contributed by atoms with Gasteiger partial charge in [0.1, 0.15) is 5.76 Å². The third kappa shape index (κ3) is 4.35. The molecule has 1 aromatic carbocycles. The second kappa shape index (κ2) is 7.77. The number of amides is 2. The maximum absolute atomic E-state index is 12.5. The molecule has 2 fully saturated rings. The maximum atomic E-state index is 12.5. The fourth-order valence-electron chi connectivity index (χ4n) is 4.84. The van der Waals surface area contributed by atoms with E-state index in [1.54, 1.807) is 6.26 Å². The summed E-state index contributed by atoms with van der Waals surface area (Å²) in [5.41, 5.74) is 3.18. The first-order valence-electron chi connectivity index (χ1n) is 10.0. The van der Waals surface area contributed by atoms with E-state index in [0.29, 0.717) is 12.1 Å². The summed E-state index contributed by atoms with van der Waals surface area (Å²) in [6.07, 6.45) is 7.46. The molecule has 0 saturated carbocycles. The van der Waals surface area contributed by atoms with Crippen molar-refractivity contribution >= 4 is 11.7 Å². The van der Waals surface area contributed by atoms with Gasteiger partial charge in [-0.2, -0.15) is 0 Å². The number of hydrogen-bond donors (Lipinski definition) is 2. The topological polar surface area (TPSA) is 57.5 Å². The SMILES string of the molecule is Cc1cc(C)cc(NC(=O)NC2C[C@H]3CCC[C@@H](C2)N3Cc2ccco2)c1. The summed E-state index contributed by atoms with van der Waals surface area (Å²) in [5, 5.41) is 6.22. The lowest BCUT2D eigenvalue weighted by atomic mass is 9.81. The van der Waals surface area contributed by atoms with Crippen LogP contribution in [-0.4, -0.2) is 29.1 Å². The lowest BCUT2D eigenvalue weighted by Gasteiger charge is -2.48. The van der Waals surface area contributed by atoms with E-state index in [0.717, 1.165) is 42.0 Å². The van der Waals surface area contributed by atoms with Gasteiger partial charge in [-0.05, 0) is 74.9 Å². The van der Waals surface area contributed by atoms with Gasteiger partial charge < -0.3 is 15.1 Å². The number of carbonyl (C=O) groups is 1. The van der Waals surface area contributed by atoms with Crippen molar-refractivity contribution in [1.29, 1.82) is 0 Å². The van der Waals surface area contributed by atoms with E-state index in [1.807, 2.05) is 32.0 Å². The van der Waals surface area contributed by atoms with E-state index in [4.69, 9.17) is 4.42 Å². The zero-order valence-corrected chi connectivity index (χ0v) is 16.2. The van der Waals surface area contributed by atoms with Gasteiger partial charge in [-0.3, -0.25) is 4.90 Å². The molecule has 0 aliphatic carbocycles. The molecule has 3 atom stereocenters. The van der Waals surface area contributed by atoms with E-state index in [1.165, 1.54) is 19.3 Å². The lowest BCUT2D eigenvalue weighted by Crippen LogP contribution is -2.56. The summed E-state index contributed by atoms with van der Waals surface area (Å²) in [6.45, 7) is 4.97. The molecule has 5 nitrogen and oxygen atoms in total. The van der Waals surface area contributed by atoms with Gasteiger partial charge in [-0.15, -0.1) is 0 Å². The molecule has 1 unspecified atom stereocenters. The number of urea groups is 1. The predicted octanol–water partition coefficient (Wildman–Crippen LogP) is 4.60. The first-order valence-corrected chi connectivity index (χ1v) is 10.0. The monoisotopic (exact) mass is 367 g/mol. The van der Waals surface area contributed by atoms with Gasteiger partial charge in [0.25, 0.3) is 0 Å². The summed E-state index contributed by atoms with van der Waals surface area (Å²) in [5.74, 6) is 1.03. The fraction of sp³-hybridized carbons (Fsp3) is 0.500. The number of nitrogens with one attached hydrogen (secondary N) is 2. The van der Waals surface area contributed by atoms with Crippen molar-refractivity contribution in [2.75, 3.05) is 5.32 Å². The lowest BCUT2D eigenvalue weighted by molar-refractivity contribution is 0.0150. The molecular weight excluding hydrogens is 338 g/mol. The first kappa shape index (κ1) is 18.1. The van der Waals surface area contributed by atoms with Gasteiger partial charge in [-0.1, -0.05) is 12.5 Å². The molecule has 0 radical (unpaired) electrons. The Morgan fingerprint density at radius 1 is 1.15 bits per heavy atom. The number of anilines is 1. The number of piperidine rings is 2. The van der Waals surface area contributed by atoms with Crippen molar-refractivity contribution < 1.29 is 9.21 Å². The van der Waals surface area contributed by atoms with Crippen LogP contribution in [0, 0.1) is 13.8 Å². The standard InChI is InChI=1S/C22H29N3O2/c1-15-9-16(2)11-17(10-15)23-22(26)24-18-12-19-5-3-6-20(13-18)25(19)14-21-7-4-8-27-21/h4,7-11,18-20H,3,5-6,12-14H2,1-2H3,(H2,23,24,26)/t18?,19-,20+. The Bertz CT molecular complexity index is 753. The zero-order valence-electron chi connectivity index (χ0n) is 16.2. The first-order chi connectivity index (χ1) is 13.1. The molecule has 5 heteroatoms. The minimum absolute atomic E-state index is 0.0949. The second-order valence-corrected chi connectivity index (χ2v) is 8.13. The molecule has 2 aliphatic heterocycles. The quantitative estimate of drug-likeness (QED) is 0.830. The number of nitrogens with zero attached hydrogens (tertiary/aromatic N) is 1. The van der Waals surface area contributed by atoms with Crippen LogP contribution in [0.5, 0.6) is 0 Å². The predicted molar refractivity (Wildman–Crippen MR) is 107 cm³/mol. The van der Waals surface area contributed by atoms with Gasteiger partial charge in [0.2, 0.25) is 0 Å². The summed E-state index contributed by atoms with van der Waals surface area (Å²) in [7, 11) is 0. The Morgan fingerprint density at radius 2 is 1.85 bits per heavy atom. The molecule has 1 aromatic heterocycles. The Kier molecular flexibility index (Phi) is 5.21. The zero-order chi connectivity index (χ0) is 18.8. The molecule has 27 heavy (non-hydrogen) atoms. The largest absolute Gasteiger partial charge is 0.468 e. The molecule has 2 bridgehead atoms. The number of benzene rings is 1. The second-order valence-electron chi connectivity index (χ2n) is 8.13. The van der Waals surface area contributed by atoms with Crippen LogP contribution < -0.4 is 10.6 Å². The highest BCUT2D eigenvalue weighted by Gasteiger charge is 2.38. The van der Waals surface area contributed by atoms with E-state index in [9.17, 15) is 4.79 Å². The highest BCUT2D eigenvalue weighted by atomic mass is 16.3. The average molecular weight is 367 g/mol. The summed E-state index contributed by atoms with van der Waals surface area (Å²) >= 11 is 0. The Balaban J connectivity index is 1.36. The summed E-state index contributed by atoms with van der Waals surface area (Å²) in [4.78, 5) is 15.1. The fourth-order valence-corrected chi connectivity index (χ4v) is 4.84. The van der Waals surface area contributed by atoms with Gasteiger partial charge in [0.15, 0.2) is 0 Å². The summed E-state index contributed by atoms with van der Waals surface area (Å²) in [6, 6.07) is 11.3.